The zero-order chi connectivity index (χ0) is 13.4. The Morgan fingerprint density at radius 3 is 2.78 bits per heavy atom. The highest BCUT2D eigenvalue weighted by Gasteiger charge is 2.04. The van der Waals surface area contributed by atoms with Gasteiger partial charge < -0.3 is 4.74 Å². The lowest BCUT2D eigenvalue weighted by Gasteiger charge is -2.08. The molecule has 3 N–H and O–H groups in total. The van der Waals surface area contributed by atoms with Gasteiger partial charge in [-0.2, -0.15) is 0 Å². The third kappa shape index (κ3) is 5.12. The molecule has 18 heavy (non-hydrogen) atoms. The van der Waals surface area contributed by atoms with Crippen molar-refractivity contribution >= 4 is 29.1 Å². The highest BCUT2D eigenvalue weighted by molar-refractivity contribution is 6.42. The summed E-state index contributed by atoms with van der Waals surface area (Å²) in [6.45, 7) is 0.546. The maximum atomic E-state index is 10.8. The molecular formula is C12H16Cl2N2O2. The summed E-state index contributed by atoms with van der Waals surface area (Å²) in [6, 6.07) is 5.27. The molecule has 0 unspecified atom stereocenters. The first-order valence-corrected chi connectivity index (χ1v) is 6.47. The molecule has 0 saturated heterocycles. The predicted molar refractivity (Wildman–Crippen MR) is 72.8 cm³/mol. The van der Waals surface area contributed by atoms with Crippen molar-refractivity contribution in [2.75, 3.05) is 6.61 Å². The van der Waals surface area contributed by atoms with E-state index in [1.807, 2.05) is 0 Å². The first-order valence-electron chi connectivity index (χ1n) is 5.71. The fourth-order valence-corrected chi connectivity index (χ4v) is 1.76. The van der Waals surface area contributed by atoms with Crippen molar-refractivity contribution in [3.63, 3.8) is 0 Å². The van der Waals surface area contributed by atoms with Crippen molar-refractivity contribution < 1.29 is 9.53 Å². The Kier molecular flexibility index (Phi) is 6.86. The number of nitrogens with two attached hydrogens (primary N) is 1. The number of hydrogen-bond acceptors (Lipinski definition) is 3. The van der Waals surface area contributed by atoms with Gasteiger partial charge in [-0.05, 0) is 31.4 Å². The molecule has 1 aromatic carbocycles. The third-order valence-corrected chi connectivity index (χ3v) is 3.18. The molecule has 0 heterocycles. The van der Waals surface area contributed by atoms with Crippen LogP contribution in [0.1, 0.15) is 25.7 Å². The maximum absolute atomic E-state index is 10.8. The molecular weight excluding hydrogens is 275 g/mol. The average Bonchev–Trinajstić information content (AvgIpc) is 2.38. The van der Waals surface area contributed by atoms with Gasteiger partial charge in [0, 0.05) is 6.42 Å². The zero-order valence-corrected chi connectivity index (χ0v) is 11.4. The van der Waals surface area contributed by atoms with E-state index < -0.39 is 0 Å². The van der Waals surface area contributed by atoms with Gasteiger partial charge in [0.1, 0.15) is 10.8 Å². The molecule has 1 rings (SSSR count). The molecule has 0 spiro atoms. The van der Waals surface area contributed by atoms with E-state index in [0.717, 1.165) is 19.3 Å². The van der Waals surface area contributed by atoms with Crippen LogP contribution in [0.2, 0.25) is 10.0 Å². The summed E-state index contributed by atoms with van der Waals surface area (Å²) in [5, 5.41) is 0.912. The van der Waals surface area contributed by atoms with E-state index in [1.54, 1.807) is 18.2 Å². The van der Waals surface area contributed by atoms with E-state index in [0.29, 0.717) is 28.8 Å². The zero-order valence-electron chi connectivity index (χ0n) is 9.92. The Morgan fingerprint density at radius 2 is 2.06 bits per heavy atom. The Labute approximate surface area is 116 Å². The van der Waals surface area contributed by atoms with Crippen molar-refractivity contribution in [3.8, 4) is 5.75 Å². The highest BCUT2D eigenvalue weighted by atomic mass is 35.5. The van der Waals surface area contributed by atoms with Crippen LogP contribution in [-0.4, -0.2) is 12.5 Å². The summed E-state index contributed by atoms with van der Waals surface area (Å²) in [5.41, 5.74) is 2.09. The van der Waals surface area contributed by atoms with Crippen molar-refractivity contribution in [1.82, 2.24) is 5.43 Å². The van der Waals surface area contributed by atoms with Crippen LogP contribution in [0.25, 0.3) is 0 Å². The van der Waals surface area contributed by atoms with Gasteiger partial charge in [0.15, 0.2) is 0 Å². The first-order chi connectivity index (χ1) is 8.65. The number of amides is 1. The monoisotopic (exact) mass is 290 g/mol. The molecule has 0 bridgehead atoms. The van der Waals surface area contributed by atoms with E-state index in [-0.39, 0.29) is 5.91 Å². The largest absolute Gasteiger partial charge is 0.492 e. The highest BCUT2D eigenvalue weighted by Crippen LogP contribution is 2.31. The van der Waals surface area contributed by atoms with Crippen LogP contribution in [0.4, 0.5) is 0 Å². The minimum absolute atomic E-state index is 0.145. The molecule has 0 radical (unpaired) electrons. The minimum atomic E-state index is -0.145. The van der Waals surface area contributed by atoms with Gasteiger partial charge >= 0.3 is 0 Å². The molecule has 0 aliphatic heterocycles. The second-order valence-electron chi connectivity index (χ2n) is 3.78. The van der Waals surface area contributed by atoms with Crippen molar-refractivity contribution in [2.24, 2.45) is 5.84 Å². The SMILES string of the molecule is NNC(=O)CCCCCOc1cccc(Cl)c1Cl. The maximum Gasteiger partial charge on any atom is 0.233 e. The van der Waals surface area contributed by atoms with E-state index in [2.05, 4.69) is 5.43 Å². The number of unbranched alkanes of at least 4 members (excludes halogenated alkanes) is 2. The number of benzene rings is 1. The summed E-state index contributed by atoms with van der Waals surface area (Å²) in [4.78, 5) is 10.8. The molecule has 0 aliphatic rings. The summed E-state index contributed by atoms with van der Waals surface area (Å²) < 4.78 is 5.51. The molecule has 0 saturated carbocycles. The predicted octanol–water partition coefficient (Wildman–Crippen LogP) is 2.92. The number of hydrazine groups is 1. The van der Waals surface area contributed by atoms with Crippen molar-refractivity contribution in [2.45, 2.75) is 25.7 Å². The molecule has 0 atom stereocenters. The third-order valence-electron chi connectivity index (χ3n) is 2.38. The van der Waals surface area contributed by atoms with Gasteiger partial charge in [-0.25, -0.2) is 5.84 Å². The van der Waals surface area contributed by atoms with Crippen LogP contribution in [0.15, 0.2) is 18.2 Å². The summed E-state index contributed by atoms with van der Waals surface area (Å²) in [7, 11) is 0. The second-order valence-corrected chi connectivity index (χ2v) is 4.56. The Hall–Kier alpha value is -0.970. The topological polar surface area (TPSA) is 64.3 Å². The van der Waals surface area contributed by atoms with E-state index in [1.165, 1.54) is 0 Å². The lowest BCUT2D eigenvalue weighted by molar-refractivity contribution is -0.121. The van der Waals surface area contributed by atoms with Crippen LogP contribution in [0.3, 0.4) is 0 Å². The normalized spacial score (nSPS) is 10.2. The molecule has 1 amide bonds. The number of halogens is 2. The Morgan fingerprint density at radius 1 is 1.28 bits per heavy atom. The smallest absolute Gasteiger partial charge is 0.233 e. The van der Waals surface area contributed by atoms with Gasteiger partial charge in [0.25, 0.3) is 0 Å². The van der Waals surface area contributed by atoms with Gasteiger partial charge in [-0.1, -0.05) is 29.3 Å². The molecule has 100 valence electrons. The van der Waals surface area contributed by atoms with Crippen LogP contribution in [-0.2, 0) is 4.79 Å². The number of carbonyl (C=O) groups is 1. The summed E-state index contributed by atoms with van der Waals surface area (Å²) in [5.74, 6) is 5.41. The Balaban J connectivity index is 2.18. The lowest BCUT2D eigenvalue weighted by atomic mass is 10.2. The van der Waals surface area contributed by atoms with Crippen LogP contribution in [0.5, 0.6) is 5.75 Å². The van der Waals surface area contributed by atoms with Gasteiger partial charge in [0.05, 0.1) is 11.6 Å². The number of nitrogens with one attached hydrogen (secondary N) is 1. The number of carbonyl (C=O) groups excluding carboxylic acids is 1. The van der Waals surface area contributed by atoms with Crippen molar-refractivity contribution in [3.05, 3.63) is 28.2 Å². The minimum Gasteiger partial charge on any atom is -0.492 e. The molecule has 4 nitrogen and oxygen atoms in total. The molecule has 6 heteroatoms. The quantitative estimate of drug-likeness (QED) is 0.351. The van der Waals surface area contributed by atoms with Gasteiger partial charge in [0.2, 0.25) is 5.91 Å². The van der Waals surface area contributed by atoms with E-state index >= 15 is 0 Å². The summed E-state index contributed by atoms with van der Waals surface area (Å²) >= 11 is 11.8. The summed E-state index contributed by atoms with van der Waals surface area (Å²) in [6.07, 6.45) is 2.97. The first kappa shape index (κ1) is 15.1. The van der Waals surface area contributed by atoms with Crippen LogP contribution in [0, 0.1) is 0 Å². The number of hydrogen-bond donors (Lipinski definition) is 2. The van der Waals surface area contributed by atoms with Crippen LogP contribution >= 0.6 is 23.2 Å². The van der Waals surface area contributed by atoms with E-state index in [4.69, 9.17) is 33.8 Å². The number of rotatable bonds is 7. The average molecular weight is 291 g/mol. The van der Waals surface area contributed by atoms with E-state index in [9.17, 15) is 4.79 Å². The van der Waals surface area contributed by atoms with Crippen LogP contribution < -0.4 is 16.0 Å². The standard InChI is InChI=1S/C12H16Cl2N2O2/c13-9-5-4-6-10(12(9)14)18-8-3-1-2-7-11(17)16-15/h4-6H,1-3,7-8,15H2,(H,16,17). The molecule has 1 aromatic rings. The second kappa shape index (κ2) is 8.19. The van der Waals surface area contributed by atoms with Gasteiger partial charge in [-0.15, -0.1) is 0 Å². The lowest BCUT2D eigenvalue weighted by Crippen LogP contribution is -2.29. The number of ether oxygens (including phenoxy) is 1. The molecule has 0 fully saturated rings. The fourth-order valence-electron chi connectivity index (χ4n) is 1.41. The van der Waals surface area contributed by atoms with Gasteiger partial charge in [-0.3, -0.25) is 10.2 Å². The van der Waals surface area contributed by atoms with Crippen molar-refractivity contribution in [1.29, 1.82) is 0 Å². The molecule has 0 aliphatic carbocycles. The molecule has 0 aromatic heterocycles. The fraction of sp³-hybridized carbons (Fsp3) is 0.417. The Bertz CT molecular complexity index is 400.